The zero-order chi connectivity index (χ0) is 15.0. The van der Waals surface area contributed by atoms with Gasteiger partial charge in [0.05, 0.1) is 0 Å². The molecule has 0 radical (unpaired) electrons. The number of nitrogens with one attached hydrogen (secondary N) is 3. The molecular formula is C16H25N3O. The third-order valence-corrected chi connectivity index (χ3v) is 2.97. The molecule has 0 aliphatic rings. The van der Waals surface area contributed by atoms with Crippen molar-refractivity contribution in [2.24, 2.45) is 0 Å². The predicted octanol–water partition coefficient (Wildman–Crippen LogP) is 2.67. The van der Waals surface area contributed by atoms with Crippen molar-refractivity contribution in [3.63, 3.8) is 0 Å². The second-order valence-corrected chi connectivity index (χ2v) is 5.00. The third kappa shape index (κ3) is 5.45. The SMILES string of the molecule is C=C(C)Nc1ccc(C(=O)NCCCCNC)c(C)c1. The number of allylic oxidation sites excluding steroid dienone is 1. The van der Waals surface area contributed by atoms with Gasteiger partial charge in [-0.3, -0.25) is 4.79 Å². The molecule has 0 aromatic heterocycles. The lowest BCUT2D eigenvalue weighted by atomic mass is 10.1. The molecule has 0 saturated carbocycles. The Morgan fingerprint density at radius 3 is 2.55 bits per heavy atom. The Bertz CT molecular complexity index is 469. The first kappa shape index (κ1) is 16.2. The van der Waals surface area contributed by atoms with Crippen LogP contribution in [-0.4, -0.2) is 26.0 Å². The van der Waals surface area contributed by atoms with Gasteiger partial charge in [-0.15, -0.1) is 0 Å². The smallest absolute Gasteiger partial charge is 0.251 e. The highest BCUT2D eigenvalue weighted by Gasteiger charge is 2.08. The highest BCUT2D eigenvalue weighted by atomic mass is 16.1. The maximum Gasteiger partial charge on any atom is 0.251 e. The van der Waals surface area contributed by atoms with Crippen molar-refractivity contribution in [3.05, 3.63) is 41.6 Å². The number of amides is 1. The second kappa shape index (κ2) is 8.38. The van der Waals surface area contributed by atoms with Gasteiger partial charge in [-0.05, 0) is 64.0 Å². The maximum absolute atomic E-state index is 12.1. The van der Waals surface area contributed by atoms with E-state index >= 15 is 0 Å². The minimum Gasteiger partial charge on any atom is -0.360 e. The standard InChI is InChI=1S/C16H25N3O/c1-12(2)19-14-7-8-15(13(3)11-14)16(20)18-10-6-5-9-17-4/h7-8,11,17,19H,1,5-6,9-10H2,2-4H3,(H,18,20). The number of carbonyl (C=O) groups excluding carboxylic acids is 1. The molecule has 4 heteroatoms. The van der Waals surface area contributed by atoms with Crippen LogP contribution in [0.15, 0.2) is 30.5 Å². The van der Waals surface area contributed by atoms with Gasteiger partial charge in [-0.1, -0.05) is 6.58 Å². The van der Waals surface area contributed by atoms with Crippen LogP contribution in [0.1, 0.15) is 35.7 Å². The van der Waals surface area contributed by atoms with E-state index in [-0.39, 0.29) is 5.91 Å². The summed E-state index contributed by atoms with van der Waals surface area (Å²) < 4.78 is 0. The average Bonchev–Trinajstić information content (AvgIpc) is 2.37. The highest BCUT2D eigenvalue weighted by molar-refractivity contribution is 5.96. The zero-order valence-electron chi connectivity index (χ0n) is 12.7. The fourth-order valence-corrected chi connectivity index (χ4v) is 1.97. The highest BCUT2D eigenvalue weighted by Crippen LogP contribution is 2.16. The third-order valence-electron chi connectivity index (χ3n) is 2.97. The predicted molar refractivity (Wildman–Crippen MR) is 85.1 cm³/mol. The minimum absolute atomic E-state index is 0.00571. The van der Waals surface area contributed by atoms with Crippen LogP contribution >= 0.6 is 0 Å². The van der Waals surface area contributed by atoms with Gasteiger partial charge in [0.25, 0.3) is 5.91 Å². The first-order chi connectivity index (χ1) is 9.54. The Balaban J connectivity index is 2.53. The van der Waals surface area contributed by atoms with Crippen molar-refractivity contribution in [1.82, 2.24) is 10.6 Å². The summed E-state index contributed by atoms with van der Waals surface area (Å²) in [6.07, 6.45) is 2.05. The summed E-state index contributed by atoms with van der Waals surface area (Å²) in [5, 5.41) is 9.19. The number of unbranched alkanes of at least 4 members (excludes halogenated alkanes) is 1. The lowest BCUT2D eigenvalue weighted by Gasteiger charge is -2.11. The fraction of sp³-hybridized carbons (Fsp3) is 0.438. The van der Waals surface area contributed by atoms with Crippen LogP contribution in [0.2, 0.25) is 0 Å². The van der Waals surface area contributed by atoms with Crippen molar-refractivity contribution < 1.29 is 4.79 Å². The van der Waals surface area contributed by atoms with Crippen LogP contribution < -0.4 is 16.0 Å². The number of benzene rings is 1. The molecule has 0 atom stereocenters. The van der Waals surface area contributed by atoms with E-state index in [0.29, 0.717) is 6.54 Å². The average molecular weight is 275 g/mol. The van der Waals surface area contributed by atoms with E-state index in [9.17, 15) is 4.79 Å². The van der Waals surface area contributed by atoms with E-state index in [1.54, 1.807) is 0 Å². The largest absolute Gasteiger partial charge is 0.360 e. The lowest BCUT2D eigenvalue weighted by molar-refractivity contribution is 0.0952. The molecule has 0 saturated heterocycles. The Morgan fingerprint density at radius 2 is 1.95 bits per heavy atom. The summed E-state index contributed by atoms with van der Waals surface area (Å²) in [7, 11) is 1.93. The number of anilines is 1. The topological polar surface area (TPSA) is 53.2 Å². The maximum atomic E-state index is 12.1. The van der Waals surface area contributed by atoms with Gasteiger partial charge >= 0.3 is 0 Å². The number of aryl methyl sites for hydroxylation is 1. The first-order valence-electron chi connectivity index (χ1n) is 7.00. The van der Waals surface area contributed by atoms with E-state index in [0.717, 1.165) is 41.9 Å². The van der Waals surface area contributed by atoms with E-state index in [1.165, 1.54) is 0 Å². The molecule has 1 amide bonds. The van der Waals surface area contributed by atoms with Crippen molar-refractivity contribution >= 4 is 11.6 Å². The van der Waals surface area contributed by atoms with Crippen LogP contribution in [0.25, 0.3) is 0 Å². The van der Waals surface area contributed by atoms with Crippen molar-refractivity contribution in [2.45, 2.75) is 26.7 Å². The van der Waals surface area contributed by atoms with Gasteiger partial charge in [0.15, 0.2) is 0 Å². The van der Waals surface area contributed by atoms with Crippen LogP contribution in [0.4, 0.5) is 5.69 Å². The zero-order valence-corrected chi connectivity index (χ0v) is 12.7. The normalized spacial score (nSPS) is 10.2. The van der Waals surface area contributed by atoms with E-state index < -0.39 is 0 Å². The van der Waals surface area contributed by atoms with Gasteiger partial charge in [0.2, 0.25) is 0 Å². The van der Waals surface area contributed by atoms with Gasteiger partial charge in [-0.25, -0.2) is 0 Å². The van der Waals surface area contributed by atoms with Crippen molar-refractivity contribution in [2.75, 3.05) is 25.5 Å². The molecule has 110 valence electrons. The van der Waals surface area contributed by atoms with E-state index in [1.807, 2.05) is 39.1 Å². The van der Waals surface area contributed by atoms with Crippen molar-refractivity contribution in [3.8, 4) is 0 Å². The molecule has 20 heavy (non-hydrogen) atoms. The summed E-state index contributed by atoms with van der Waals surface area (Å²) in [6.45, 7) is 9.35. The molecule has 4 nitrogen and oxygen atoms in total. The second-order valence-electron chi connectivity index (χ2n) is 5.00. The summed E-state index contributed by atoms with van der Waals surface area (Å²) in [4.78, 5) is 12.1. The van der Waals surface area contributed by atoms with Crippen LogP contribution in [0.5, 0.6) is 0 Å². The Hall–Kier alpha value is -1.81. The minimum atomic E-state index is -0.00571. The van der Waals surface area contributed by atoms with Crippen LogP contribution in [-0.2, 0) is 0 Å². The summed E-state index contributed by atoms with van der Waals surface area (Å²) in [5.74, 6) is -0.00571. The van der Waals surface area contributed by atoms with Crippen LogP contribution in [0, 0.1) is 6.92 Å². The first-order valence-corrected chi connectivity index (χ1v) is 7.00. The molecule has 0 fully saturated rings. The molecule has 0 spiro atoms. The molecule has 0 heterocycles. The van der Waals surface area contributed by atoms with Gasteiger partial charge < -0.3 is 16.0 Å². The Morgan fingerprint density at radius 1 is 1.25 bits per heavy atom. The van der Waals surface area contributed by atoms with Gasteiger partial charge in [0.1, 0.15) is 0 Å². The van der Waals surface area contributed by atoms with Crippen molar-refractivity contribution in [1.29, 1.82) is 0 Å². The molecule has 1 rings (SSSR count). The van der Waals surface area contributed by atoms with Gasteiger partial charge in [-0.2, -0.15) is 0 Å². The number of hydrogen-bond donors (Lipinski definition) is 3. The molecule has 0 unspecified atom stereocenters. The fourth-order valence-electron chi connectivity index (χ4n) is 1.97. The molecule has 3 N–H and O–H groups in total. The lowest BCUT2D eigenvalue weighted by Crippen LogP contribution is -2.25. The Kier molecular flexibility index (Phi) is 6.81. The van der Waals surface area contributed by atoms with Gasteiger partial charge in [0, 0.05) is 23.5 Å². The van der Waals surface area contributed by atoms with E-state index in [4.69, 9.17) is 0 Å². The van der Waals surface area contributed by atoms with Crippen LogP contribution in [0.3, 0.4) is 0 Å². The summed E-state index contributed by atoms with van der Waals surface area (Å²) in [6, 6.07) is 5.71. The summed E-state index contributed by atoms with van der Waals surface area (Å²) >= 11 is 0. The Labute approximate surface area is 121 Å². The molecule has 1 aromatic rings. The monoisotopic (exact) mass is 275 g/mol. The van der Waals surface area contributed by atoms with E-state index in [2.05, 4.69) is 22.5 Å². The molecular weight excluding hydrogens is 250 g/mol. The molecule has 0 aliphatic carbocycles. The molecule has 1 aromatic carbocycles. The molecule has 0 bridgehead atoms. The number of hydrogen-bond acceptors (Lipinski definition) is 3. The number of carbonyl (C=O) groups is 1. The summed E-state index contributed by atoms with van der Waals surface area (Å²) in [5.41, 5.74) is 3.53. The number of rotatable bonds is 8. The quantitative estimate of drug-likeness (QED) is 0.639. The molecule has 0 aliphatic heterocycles.